The summed E-state index contributed by atoms with van der Waals surface area (Å²) in [6, 6.07) is 9.97. The molecule has 0 aliphatic rings. The number of nitrogens with zero attached hydrogens (tertiary/aromatic N) is 1. The highest BCUT2D eigenvalue weighted by Gasteiger charge is 2.21. The second kappa shape index (κ2) is 8.82. The minimum Gasteiger partial charge on any atom is -0.493 e. The number of fused-ring (bicyclic) bond motifs is 1. The maximum atomic E-state index is 13.3. The van der Waals surface area contributed by atoms with Crippen LogP contribution >= 0.6 is 0 Å². The number of benzene rings is 2. The molecule has 1 aromatic heterocycles. The molecule has 0 fully saturated rings. The van der Waals surface area contributed by atoms with Crippen LogP contribution in [0.2, 0.25) is 0 Å². The van der Waals surface area contributed by atoms with Crippen LogP contribution in [-0.4, -0.2) is 42.2 Å². The number of carboxylic acids is 1. The van der Waals surface area contributed by atoms with E-state index in [1.54, 1.807) is 36.4 Å². The van der Waals surface area contributed by atoms with E-state index in [9.17, 15) is 14.7 Å². The summed E-state index contributed by atoms with van der Waals surface area (Å²) in [5.74, 6) is -0.180. The van der Waals surface area contributed by atoms with Crippen molar-refractivity contribution in [3.05, 3.63) is 59.4 Å². The minimum absolute atomic E-state index is 0.0147. The van der Waals surface area contributed by atoms with E-state index in [1.165, 1.54) is 20.4 Å². The second-order valence-electron chi connectivity index (χ2n) is 6.77. The largest absolute Gasteiger partial charge is 0.493 e. The number of rotatable bonds is 8. The molecule has 3 rings (SSSR count). The third kappa shape index (κ3) is 4.05. The van der Waals surface area contributed by atoms with Crippen molar-refractivity contribution in [2.75, 3.05) is 14.2 Å². The molecule has 2 aromatic carbocycles. The van der Waals surface area contributed by atoms with Crippen LogP contribution in [0.25, 0.3) is 10.8 Å². The molecule has 7 heteroatoms. The molecule has 0 radical (unpaired) electrons. The number of carbonyl (C=O) groups excluding carboxylic acids is 1. The van der Waals surface area contributed by atoms with Gasteiger partial charge in [-0.15, -0.1) is 0 Å². The Hall–Kier alpha value is -3.61. The number of hydrogen-bond donors (Lipinski definition) is 1. The van der Waals surface area contributed by atoms with Crippen LogP contribution in [-0.2, 0) is 0 Å². The van der Waals surface area contributed by atoms with Crippen molar-refractivity contribution in [2.24, 2.45) is 0 Å². The highest BCUT2D eigenvalue weighted by molar-refractivity contribution is 6.18. The van der Waals surface area contributed by atoms with E-state index in [2.05, 4.69) is 4.98 Å². The maximum absolute atomic E-state index is 13.3. The molecule has 1 heterocycles. The van der Waals surface area contributed by atoms with Crippen molar-refractivity contribution >= 4 is 22.5 Å². The van der Waals surface area contributed by atoms with Gasteiger partial charge in [-0.05, 0) is 37.6 Å². The predicted molar refractivity (Wildman–Crippen MR) is 112 cm³/mol. The van der Waals surface area contributed by atoms with Crippen LogP contribution in [0.1, 0.15) is 46.7 Å². The lowest BCUT2D eigenvalue weighted by atomic mass is 9.99. The van der Waals surface area contributed by atoms with E-state index in [0.717, 1.165) is 6.42 Å². The molecule has 0 saturated carbocycles. The molecule has 0 bridgehead atoms. The van der Waals surface area contributed by atoms with Gasteiger partial charge in [0.15, 0.2) is 11.5 Å². The normalized spacial score (nSPS) is 11.7. The number of aromatic nitrogens is 1. The number of carboxylic acid groups (broad SMARTS) is 1. The molecule has 0 aliphatic heterocycles. The van der Waals surface area contributed by atoms with Crippen molar-refractivity contribution in [1.82, 2.24) is 4.98 Å². The number of ether oxygens (including phenoxy) is 3. The Kier molecular flexibility index (Phi) is 6.20. The Morgan fingerprint density at radius 2 is 1.73 bits per heavy atom. The zero-order chi connectivity index (χ0) is 21.8. The van der Waals surface area contributed by atoms with Gasteiger partial charge < -0.3 is 19.3 Å². The van der Waals surface area contributed by atoms with E-state index < -0.39 is 5.97 Å². The third-order valence-electron chi connectivity index (χ3n) is 4.85. The maximum Gasteiger partial charge on any atom is 0.337 e. The number of aromatic carboxylic acids is 1. The SMILES string of the molecule is CCC(C)Oc1cccc(C(=O)c2ncc(C(=O)O)c3cc(OC)c(OC)cc23)c1. The van der Waals surface area contributed by atoms with E-state index in [4.69, 9.17) is 14.2 Å². The fourth-order valence-electron chi connectivity index (χ4n) is 3.08. The first kappa shape index (κ1) is 21.1. The van der Waals surface area contributed by atoms with Crippen molar-refractivity contribution < 1.29 is 28.9 Å². The van der Waals surface area contributed by atoms with Gasteiger partial charge in [-0.25, -0.2) is 4.79 Å². The Bertz CT molecular complexity index is 1110. The fraction of sp³-hybridized carbons (Fsp3) is 0.261. The molecule has 0 aliphatic carbocycles. The van der Waals surface area contributed by atoms with Gasteiger partial charge in [0, 0.05) is 22.5 Å². The first-order valence-electron chi connectivity index (χ1n) is 9.49. The molecule has 0 saturated heterocycles. The van der Waals surface area contributed by atoms with E-state index >= 15 is 0 Å². The predicted octanol–water partition coefficient (Wildman–Crippen LogP) is 4.36. The summed E-state index contributed by atoms with van der Waals surface area (Å²) >= 11 is 0. The molecule has 0 amide bonds. The van der Waals surface area contributed by atoms with E-state index in [-0.39, 0.29) is 23.1 Å². The van der Waals surface area contributed by atoms with E-state index in [1.807, 2.05) is 13.8 Å². The molecule has 30 heavy (non-hydrogen) atoms. The lowest BCUT2D eigenvalue weighted by Crippen LogP contribution is -2.11. The second-order valence-corrected chi connectivity index (χ2v) is 6.77. The Morgan fingerprint density at radius 3 is 2.33 bits per heavy atom. The molecule has 3 aromatic rings. The first-order valence-corrected chi connectivity index (χ1v) is 9.49. The molecule has 1 unspecified atom stereocenters. The minimum atomic E-state index is -1.15. The highest BCUT2D eigenvalue weighted by Crippen LogP contribution is 2.35. The summed E-state index contributed by atoms with van der Waals surface area (Å²) in [6.07, 6.45) is 2.03. The zero-order valence-electron chi connectivity index (χ0n) is 17.3. The zero-order valence-corrected chi connectivity index (χ0v) is 17.3. The topological polar surface area (TPSA) is 95.0 Å². The molecule has 7 nitrogen and oxygen atoms in total. The number of pyridine rings is 1. The number of hydrogen-bond acceptors (Lipinski definition) is 6. The number of methoxy groups -OCH3 is 2. The average molecular weight is 409 g/mol. The van der Waals surface area contributed by atoms with Gasteiger partial charge in [0.05, 0.1) is 25.9 Å². The average Bonchev–Trinajstić information content (AvgIpc) is 2.76. The van der Waals surface area contributed by atoms with Gasteiger partial charge in [0.25, 0.3) is 0 Å². The van der Waals surface area contributed by atoms with Gasteiger partial charge in [-0.2, -0.15) is 0 Å². The fourth-order valence-corrected chi connectivity index (χ4v) is 3.08. The van der Waals surface area contributed by atoms with Crippen molar-refractivity contribution in [3.8, 4) is 17.2 Å². The van der Waals surface area contributed by atoms with Crippen molar-refractivity contribution in [3.63, 3.8) is 0 Å². The van der Waals surface area contributed by atoms with Crippen LogP contribution in [0.15, 0.2) is 42.6 Å². The van der Waals surface area contributed by atoms with Gasteiger partial charge in [-0.3, -0.25) is 9.78 Å². The molecule has 1 N–H and O–H groups in total. The first-order chi connectivity index (χ1) is 14.4. The van der Waals surface area contributed by atoms with Gasteiger partial charge in [-0.1, -0.05) is 19.1 Å². The molecule has 156 valence electrons. The standard InChI is InChI=1S/C23H23NO6/c1-5-13(2)30-15-8-6-7-14(9-15)22(25)21-17-11-20(29-4)19(28-3)10-16(17)18(12-24-21)23(26)27/h6-13H,5H2,1-4H3,(H,26,27). The quantitative estimate of drug-likeness (QED) is 0.552. The summed E-state index contributed by atoms with van der Waals surface area (Å²) in [5, 5.41) is 10.3. The van der Waals surface area contributed by atoms with Crippen LogP contribution in [0.3, 0.4) is 0 Å². The summed E-state index contributed by atoms with van der Waals surface area (Å²) < 4.78 is 16.4. The van der Waals surface area contributed by atoms with Crippen LogP contribution in [0.5, 0.6) is 17.2 Å². The number of carbonyl (C=O) groups is 2. The molecule has 1 atom stereocenters. The smallest absolute Gasteiger partial charge is 0.337 e. The number of ketones is 1. The lowest BCUT2D eigenvalue weighted by molar-refractivity contribution is 0.0698. The van der Waals surface area contributed by atoms with Crippen LogP contribution in [0.4, 0.5) is 0 Å². The molecular formula is C23H23NO6. The Balaban J connectivity index is 2.16. The molecular weight excluding hydrogens is 386 g/mol. The summed E-state index contributed by atoms with van der Waals surface area (Å²) in [4.78, 5) is 29.1. The Morgan fingerprint density at radius 1 is 1.07 bits per heavy atom. The van der Waals surface area contributed by atoms with Crippen LogP contribution in [0, 0.1) is 0 Å². The highest BCUT2D eigenvalue weighted by atomic mass is 16.5. The van der Waals surface area contributed by atoms with Gasteiger partial charge in [0.2, 0.25) is 5.78 Å². The summed E-state index contributed by atoms with van der Waals surface area (Å²) in [7, 11) is 2.93. The lowest BCUT2D eigenvalue weighted by Gasteiger charge is -2.14. The van der Waals surface area contributed by atoms with E-state index in [0.29, 0.717) is 33.6 Å². The summed E-state index contributed by atoms with van der Waals surface area (Å²) in [5.41, 5.74) is 0.482. The monoisotopic (exact) mass is 409 g/mol. The van der Waals surface area contributed by atoms with Crippen molar-refractivity contribution in [1.29, 1.82) is 0 Å². The summed E-state index contributed by atoms with van der Waals surface area (Å²) in [6.45, 7) is 3.97. The molecule has 0 spiro atoms. The van der Waals surface area contributed by atoms with Crippen LogP contribution < -0.4 is 14.2 Å². The third-order valence-corrected chi connectivity index (χ3v) is 4.85. The Labute approximate surface area is 174 Å². The van der Waals surface area contributed by atoms with Crippen molar-refractivity contribution in [2.45, 2.75) is 26.4 Å². The van der Waals surface area contributed by atoms with Gasteiger partial charge >= 0.3 is 5.97 Å². The van der Waals surface area contributed by atoms with Gasteiger partial charge in [0.1, 0.15) is 11.4 Å².